The molecule has 9 nitrogen and oxygen atoms in total. The summed E-state index contributed by atoms with van der Waals surface area (Å²) in [7, 11) is 0. The fourth-order valence-electron chi connectivity index (χ4n) is 5.05. The van der Waals surface area contributed by atoms with Crippen molar-refractivity contribution in [2.24, 2.45) is 0 Å². The molecule has 1 fully saturated rings. The maximum Gasteiger partial charge on any atom is 0.350 e. The summed E-state index contributed by atoms with van der Waals surface area (Å²) in [6, 6.07) is 11.3. The lowest BCUT2D eigenvalue weighted by atomic mass is 9.94. The van der Waals surface area contributed by atoms with Crippen molar-refractivity contribution in [2.45, 2.75) is 52.2 Å². The summed E-state index contributed by atoms with van der Waals surface area (Å²) < 4.78 is 16.9. The Labute approximate surface area is 248 Å². The molecule has 2 aliphatic heterocycles. The van der Waals surface area contributed by atoms with Gasteiger partial charge >= 0.3 is 11.9 Å². The number of ketones is 1. The van der Waals surface area contributed by atoms with E-state index >= 15 is 0 Å². The van der Waals surface area contributed by atoms with Gasteiger partial charge in [0.25, 0.3) is 5.78 Å². The lowest BCUT2D eigenvalue weighted by Crippen LogP contribution is -2.29. The van der Waals surface area contributed by atoms with Crippen LogP contribution < -0.4 is 14.4 Å². The van der Waals surface area contributed by atoms with E-state index in [9.17, 15) is 19.5 Å². The Morgan fingerprint density at radius 1 is 1.26 bits per heavy atom. The second kappa shape index (κ2) is 12.2. The Bertz CT molecular complexity index is 1590. The van der Waals surface area contributed by atoms with E-state index in [-0.39, 0.29) is 34.1 Å². The first-order valence-corrected chi connectivity index (χ1v) is 14.6. The number of aliphatic hydroxyl groups excluding tert-OH is 1. The number of aryl methyl sites for hydroxylation is 1. The highest BCUT2D eigenvalue weighted by atomic mass is 32.1. The minimum absolute atomic E-state index is 0.000988. The topological polar surface area (TPSA) is 115 Å². The van der Waals surface area contributed by atoms with E-state index in [4.69, 9.17) is 14.2 Å². The van der Waals surface area contributed by atoms with Gasteiger partial charge in [-0.25, -0.2) is 9.78 Å². The van der Waals surface area contributed by atoms with Gasteiger partial charge in [0.1, 0.15) is 34.8 Å². The maximum absolute atomic E-state index is 13.6. The molecule has 1 aromatic heterocycles. The minimum Gasteiger partial charge on any atom is -0.507 e. The van der Waals surface area contributed by atoms with Crippen LogP contribution in [-0.2, 0) is 20.7 Å². The zero-order chi connectivity index (χ0) is 30.0. The predicted molar refractivity (Wildman–Crippen MR) is 159 cm³/mol. The highest BCUT2D eigenvalue weighted by Gasteiger charge is 2.48. The van der Waals surface area contributed by atoms with Crippen LogP contribution >= 0.6 is 11.3 Å². The van der Waals surface area contributed by atoms with Crippen molar-refractivity contribution < 1.29 is 33.7 Å². The molecule has 0 aliphatic carbocycles. The number of aliphatic hydroxyl groups is 1. The van der Waals surface area contributed by atoms with Crippen LogP contribution in [0.15, 0.2) is 60.7 Å². The molecule has 0 radical (unpaired) electrons. The van der Waals surface area contributed by atoms with Gasteiger partial charge in [-0.1, -0.05) is 49.5 Å². The van der Waals surface area contributed by atoms with Gasteiger partial charge in [0.2, 0.25) is 0 Å². The average molecular weight is 589 g/mol. The summed E-state index contributed by atoms with van der Waals surface area (Å²) in [5, 5.41) is 11.7. The third-order valence-electron chi connectivity index (χ3n) is 7.06. The number of benzene rings is 2. The Balaban J connectivity index is 1.63. The lowest BCUT2D eigenvalue weighted by molar-refractivity contribution is -0.132. The first-order chi connectivity index (χ1) is 20.2. The summed E-state index contributed by atoms with van der Waals surface area (Å²) in [6.45, 7) is 9.74. The number of anilines is 1. The first kappa shape index (κ1) is 29.1. The molecular weight excluding hydrogens is 556 g/mol. The standard InChI is InChI=1S/C32H32N2O7S/c1-5-7-14-39-23-10-8-9-20(17-23)26-25(27(35)21-11-12-24-22(16-21)15-18(3)41-24)28(36)30(37)34(26)32-33-19(4)29(42-32)31(38)40-13-6-2/h6,8-12,16-18,26,35H,2,5,7,13-15H2,1,3-4H3/t18-,26-/m0/s1. The van der Waals surface area contributed by atoms with Gasteiger partial charge in [0.15, 0.2) is 5.13 Å². The Hall–Kier alpha value is -4.44. The van der Waals surface area contributed by atoms with Crippen LogP contribution in [0.5, 0.6) is 11.5 Å². The van der Waals surface area contributed by atoms with Crippen LogP contribution in [0.4, 0.5) is 5.13 Å². The highest BCUT2D eigenvalue weighted by Crippen LogP contribution is 2.45. The monoisotopic (exact) mass is 588 g/mol. The van der Waals surface area contributed by atoms with E-state index in [1.54, 1.807) is 49.4 Å². The van der Waals surface area contributed by atoms with Crippen molar-refractivity contribution in [2.75, 3.05) is 18.1 Å². The molecule has 218 valence electrons. The normalized spacial score (nSPS) is 19.0. The molecular formula is C32H32N2O7S. The number of carbonyl (C=O) groups excluding carboxylic acids is 3. The molecule has 0 saturated carbocycles. The number of Topliss-reactive ketones (excluding diaryl/α,β-unsaturated/α-hetero) is 1. The second-order valence-corrected chi connectivity index (χ2v) is 11.2. The number of ether oxygens (including phenoxy) is 3. The lowest BCUT2D eigenvalue weighted by Gasteiger charge is -2.23. The number of hydrogen-bond acceptors (Lipinski definition) is 9. The molecule has 0 unspecified atom stereocenters. The fourth-order valence-corrected chi connectivity index (χ4v) is 6.04. The number of amides is 1. The van der Waals surface area contributed by atoms with Gasteiger partial charge in [-0.2, -0.15) is 0 Å². The summed E-state index contributed by atoms with van der Waals surface area (Å²) in [6.07, 6.45) is 3.94. The van der Waals surface area contributed by atoms with Crippen LogP contribution in [0, 0.1) is 6.92 Å². The van der Waals surface area contributed by atoms with E-state index in [1.165, 1.54) is 11.0 Å². The minimum atomic E-state index is -1.02. The van der Waals surface area contributed by atoms with Crippen molar-refractivity contribution in [3.8, 4) is 11.5 Å². The molecule has 2 aromatic carbocycles. The van der Waals surface area contributed by atoms with Gasteiger partial charge in [0.05, 0.1) is 23.9 Å². The second-order valence-electron chi connectivity index (χ2n) is 10.2. The van der Waals surface area contributed by atoms with Crippen LogP contribution in [0.1, 0.15) is 64.8 Å². The van der Waals surface area contributed by atoms with Gasteiger partial charge in [-0.3, -0.25) is 14.5 Å². The van der Waals surface area contributed by atoms with Crippen LogP contribution in [-0.4, -0.2) is 47.1 Å². The molecule has 42 heavy (non-hydrogen) atoms. The van der Waals surface area contributed by atoms with Crippen LogP contribution in [0.2, 0.25) is 0 Å². The van der Waals surface area contributed by atoms with Crippen LogP contribution in [0.25, 0.3) is 5.76 Å². The molecule has 0 bridgehead atoms. The molecule has 0 spiro atoms. The zero-order valence-corrected chi connectivity index (χ0v) is 24.5. The Morgan fingerprint density at radius 2 is 2.07 bits per heavy atom. The number of esters is 1. The molecule has 3 aromatic rings. The van der Waals surface area contributed by atoms with Crippen molar-refractivity contribution >= 4 is 39.9 Å². The maximum atomic E-state index is 13.6. The number of carbonyl (C=O) groups is 3. The fraction of sp³-hybridized carbons (Fsp3) is 0.312. The van der Waals surface area contributed by atoms with Gasteiger partial charge in [-0.15, -0.1) is 0 Å². The molecule has 2 aliphatic rings. The van der Waals surface area contributed by atoms with Gasteiger partial charge in [0, 0.05) is 12.0 Å². The summed E-state index contributed by atoms with van der Waals surface area (Å²) >= 11 is 0.948. The summed E-state index contributed by atoms with van der Waals surface area (Å²) in [4.78, 5) is 45.9. The van der Waals surface area contributed by atoms with E-state index in [0.717, 1.165) is 35.5 Å². The molecule has 1 amide bonds. The van der Waals surface area contributed by atoms with E-state index in [2.05, 4.69) is 18.5 Å². The molecule has 1 N–H and O–H groups in total. The number of rotatable bonds is 10. The first-order valence-electron chi connectivity index (χ1n) is 13.8. The Morgan fingerprint density at radius 3 is 2.83 bits per heavy atom. The largest absolute Gasteiger partial charge is 0.507 e. The number of unbranched alkanes of at least 4 members (excludes halogenated alkanes) is 1. The number of fused-ring (bicyclic) bond motifs is 1. The third kappa shape index (κ3) is 5.54. The van der Waals surface area contributed by atoms with E-state index in [1.807, 2.05) is 6.92 Å². The molecule has 2 atom stereocenters. The van der Waals surface area contributed by atoms with Gasteiger partial charge in [-0.05, 0) is 61.7 Å². The van der Waals surface area contributed by atoms with Crippen molar-refractivity contribution in [1.29, 1.82) is 0 Å². The van der Waals surface area contributed by atoms with Crippen molar-refractivity contribution in [1.82, 2.24) is 4.98 Å². The third-order valence-corrected chi connectivity index (χ3v) is 8.20. The predicted octanol–water partition coefficient (Wildman–Crippen LogP) is 5.92. The van der Waals surface area contributed by atoms with E-state index in [0.29, 0.717) is 35.6 Å². The molecule has 3 heterocycles. The van der Waals surface area contributed by atoms with Crippen molar-refractivity contribution in [3.05, 3.63) is 88.0 Å². The van der Waals surface area contributed by atoms with E-state index < -0.39 is 23.7 Å². The smallest absolute Gasteiger partial charge is 0.350 e. The summed E-state index contributed by atoms with van der Waals surface area (Å²) in [5.41, 5.74) is 2.12. The SMILES string of the molecule is C=CCOC(=O)c1sc(N2C(=O)C(=O)C(=C(O)c3ccc4c(c3)C[C@H](C)O4)[C@@H]2c2cccc(OCCCC)c2)nc1C. The number of nitrogens with zero attached hydrogens (tertiary/aromatic N) is 2. The van der Waals surface area contributed by atoms with Gasteiger partial charge < -0.3 is 19.3 Å². The number of thiazole rings is 1. The average Bonchev–Trinajstić information content (AvgIpc) is 3.63. The molecule has 5 rings (SSSR count). The molecule has 1 saturated heterocycles. The Kier molecular flexibility index (Phi) is 8.44. The number of aromatic nitrogens is 1. The highest BCUT2D eigenvalue weighted by molar-refractivity contribution is 7.17. The summed E-state index contributed by atoms with van der Waals surface area (Å²) in [5.74, 6) is -1.34. The van der Waals surface area contributed by atoms with Crippen LogP contribution in [0.3, 0.4) is 0 Å². The molecule has 10 heteroatoms. The number of hydrogen-bond donors (Lipinski definition) is 1. The van der Waals surface area contributed by atoms with Crippen molar-refractivity contribution in [3.63, 3.8) is 0 Å². The quantitative estimate of drug-likeness (QED) is 0.0775. The zero-order valence-electron chi connectivity index (χ0n) is 23.7.